The highest BCUT2D eigenvalue weighted by Crippen LogP contribution is 2.21. The van der Waals surface area contributed by atoms with Crippen molar-refractivity contribution in [2.45, 2.75) is 71.8 Å². The van der Waals surface area contributed by atoms with E-state index < -0.39 is 6.10 Å². The van der Waals surface area contributed by atoms with E-state index in [-0.39, 0.29) is 0 Å². The van der Waals surface area contributed by atoms with Crippen molar-refractivity contribution in [2.24, 2.45) is 0 Å². The quantitative estimate of drug-likeness (QED) is 0.689. The monoisotopic (exact) mass is 249 g/mol. The summed E-state index contributed by atoms with van der Waals surface area (Å²) in [6.45, 7) is 6.29. The molecule has 1 heterocycles. The molecule has 2 nitrogen and oxygen atoms in total. The van der Waals surface area contributed by atoms with Crippen LogP contribution in [-0.4, -0.2) is 10.1 Å². The summed E-state index contributed by atoms with van der Waals surface area (Å²) < 4.78 is 0. The zero-order chi connectivity index (χ0) is 13.4. The average Bonchev–Trinajstić information content (AvgIpc) is 2.33. The number of aryl methyl sites for hydroxylation is 2. The average molecular weight is 249 g/mol. The SMILES string of the molecule is CCCCCCCCC(O)c1ncc(C)cc1C. The Bertz CT molecular complexity index is 349. The highest BCUT2D eigenvalue weighted by molar-refractivity contribution is 5.24. The van der Waals surface area contributed by atoms with Gasteiger partial charge in [-0.15, -0.1) is 0 Å². The van der Waals surface area contributed by atoms with Crippen LogP contribution >= 0.6 is 0 Å². The van der Waals surface area contributed by atoms with Crippen LogP contribution in [0.3, 0.4) is 0 Å². The van der Waals surface area contributed by atoms with Crippen LogP contribution in [0.15, 0.2) is 12.3 Å². The maximum Gasteiger partial charge on any atom is 0.0962 e. The van der Waals surface area contributed by atoms with Crippen LogP contribution in [0, 0.1) is 13.8 Å². The number of unbranched alkanes of at least 4 members (excludes halogenated alkanes) is 5. The first-order chi connectivity index (χ1) is 8.65. The number of aliphatic hydroxyl groups is 1. The van der Waals surface area contributed by atoms with E-state index in [1.54, 1.807) is 0 Å². The molecule has 1 rings (SSSR count). The number of aromatic nitrogens is 1. The van der Waals surface area contributed by atoms with Crippen LogP contribution in [-0.2, 0) is 0 Å². The molecule has 102 valence electrons. The van der Waals surface area contributed by atoms with E-state index >= 15 is 0 Å². The van der Waals surface area contributed by atoms with E-state index in [1.807, 2.05) is 20.0 Å². The summed E-state index contributed by atoms with van der Waals surface area (Å²) in [7, 11) is 0. The van der Waals surface area contributed by atoms with Crippen LogP contribution in [0.5, 0.6) is 0 Å². The van der Waals surface area contributed by atoms with Crippen molar-refractivity contribution in [3.05, 3.63) is 29.1 Å². The lowest BCUT2D eigenvalue weighted by Gasteiger charge is -2.13. The van der Waals surface area contributed by atoms with Gasteiger partial charge in [0, 0.05) is 6.20 Å². The van der Waals surface area contributed by atoms with Crippen LogP contribution < -0.4 is 0 Å². The fourth-order valence-corrected chi connectivity index (χ4v) is 2.33. The molecular formula is C16H27NO. The third kappa shape index (κ3) is 5.18. The summed E-state index contributed by atoms with van der Waals surface area (Å²) in [5.74, 6) is 0. The second-order valence-corrected chi connectivity index (χ2v) is 5.29. The Hall–Kier alpha value is -0.890. The zero-order valence-electron chi connectivity index (χ0n) is 12.1. The van der Waals surface area contributed by atoms with Crippen molar-refractivity contribution >= 4 is 0 Å². The van der Waals surface area contributed by atoms with Gasteiger partial charge in [-0.05, 0) is 31.4 Å². The summed E-state index contributed by atoms with van der Waals surface area (Å²) in [5.41, 5.74) is 3.12. The molecular weight excluding hydrogens is 222 g/mol. The molecule has 0 bridgehead atoms. The first kappa shape index (κ1) is 15.2. The Labute approximate surface area is 111 Å². The number of pyridine rings is 1. The minimum absolute atomic E-state index is 0.392. The van der Waals surface area contributed by atoms with Gasteiger partial charge in [0.25, 0.3) is 0 Å². The number of aliphatic hydroxyl groups excluding tert-OH is 1. The maximum absolute atomic E-state index is 10.1. The van der Waals surface area contributed by atoms with Crippen molar-refractivity contribution < 1.29 is 5.11 Å². The molecule has 2 heteroatoms. The standard InChI is InChI=1S/C16H27NO/c1-4-5-6-7-8-9-10-15(18)16-14(3)11-13(2)12-17-16/h11-12,15,18H,4-10H2,1-3H3. The van der Waals surface area contributed by atoms with Gasteiger partial charge in [0.1, 0.15) is 0 Å². The molecule has 0 aliphatic carbocycles. The van der Waals surface area contributed by atoms with Crippen molar-refractivity contribution in [3.63, 3.8) is 0 Å². The largest absolute Gasteiger partial charge is 0.387 e. The van der Waals surface area contributed by atoms with Crippen LogP contribution in [0.4, 0.5) is 0 Å². The fraction of sp³-hybridized carbons (Fsp3) is 0.688. The van der Waals surface area contributed by atoms with E-state index in [2.05, 4.69) is 18.0 Å². The molecule has 0 saturated heterocycles. The van der Waals surface area contributed by atoms with Crippen molar-refractivity contribution in [2.75, 3.05) is 0 Å². The molecule has 0 fully saturated rings. The smallest absolute Gasteiger partial charge is 0.0962 e. The molecule has 1 aromatic heterocycles. The zero-order valence-corrected chi connectivity index (χ0v) is 12.1. The molecule has 0 radical (unpaired) electrons. The molecule has 0 spiro atoms. The van der Waals surface area contributed by atoms with Crippen LogP contribution in [0.2, 0.25) is 0 Å². The van der Waals surface area contributed by atoms with Crippen LogP contribution in [0.25, 0.3) is 0 Å². The van der Waals surface area contributed by atoms with Crippen molar-refractivity contribution in [1.29, 1.82) is 0 Å². The van der Waals surface area contributed by atoms with Gasteiger partial charge in [0.2, 0.25) is 0 Å². The van der Waals surface area contributed by atoms with Gasteiger partial charge in [-0.1, -0.05) is 51.5 Å². The Morgan fingerprint density at radius 1 is 1.11 bits per heavy atom. The van der Waals surface area contributed by atoms with Crippen molar-refractivity contribution in [3.8, 4) is 0 Å². The minimum Gasteiger partial charge on any atom is -0.387 e. The van der Waals surface area contributed by atoms with Gasteiger partial charge >= 0.3 is 0 Å². The number of hydrogen-bond donors (Lipinski definition) is 1. The molecule has 0 aromatic carbocycles. The predicted octanol–water partition coefficient (Wildman–Crippen LogP) is 4.48. The highest BCUT2D eigenvalue weighted by atomic mass is 16.3. The molecule has 1 atom stereocenters. The Kier molecular flexibility index (Phi) is 6.96. The minimum atomic E-state index is -0.392. The molecule has 18 heavy (non-hydrogen) atoms. The molecule has 0 aliphatic heterocycles. The number of hydrogen-bond acceptors (Lipinski definition) is 2. The van der Waals surface area contributed by atoms with Gasteiger partial charge in [-0.3, -0.25) is 4.98 Å². The van der Waals surface area contributed by atoms with Gasteiger partial charge < -0.3 is 5.11 Å². The van der Waals surface area contributed by atoms with Crippen LogP contribution in [0.1, 0.15) is 74.8 Å². The van der Waals surface area contributed by atoms with Gasteiger partial charge in [0.15, 0.2) is 0 Å². The van der Waals surface area contributed by atoms with E-state index in [1.165, 1.54) is 32.1 Å². The molecule has 1 unspecified atom stereocenters. The molecule has 0 saturated carbocycles. The van der Waals surface area contributed by atoms with Gasteiger partial charge in [0.05, 0.1) is 11.8 Å². The summed E-state index contributed by atoms with van der Waals surface area (Å²) in [6, 6.07) is 2.09. The first-order valence-electron chi connectivity index (χ1n) is 7.26. The summed E-state index contributed by atoms with van der Waals surface area (Å²) >= 11 is 0. The topological polar surface area (TPSA) is 33.1 Å². The Morgan fingerprint density at radius 3 is 2.44 bits per heavy atom. The predicted molar refractivity (Wildman–Crippen MR) is 76.7 cm³/mol. The lowest BCUT2D eigenvalue weighted by Crippen LogP contribution is -2.03. The number of nitrogens with zero attached hydrogens (tertiary/aromatic N) is 1. The normalized spacial score (nSPS) is 12.7. The maximum atomic E-state index is 10.1. The second-order valence-electron chi connectivity index (χ2n) is 5.29. The van der Waals surface area contributed by atoms with Crippen molar-refractivity contribution in [1.82, 2.24) is 4.98 Å². The first-order valence-corrected chi connectivity index (χ1v) is 7.26. The lowest BCUT2D eigenvalue weighted by atomic mass is 10.0. The highest BCUT2D eigenvalue weighted by Gasteiger charge is 2.11. The van der Waals surface area contributed by atoms with E-state index in [0.29, 0.717) is 0 Å². The van der Waals surface area contributed by atoms with Gasteiger partial charge in [-0.25, -0.2) is 0 Å². The molecule has 0 amide bonds. The van der Waals surface area contributed by atoms with E-state index in [0.717, 1.165) is 29.7 Å². The summed E-state index contributed by atoms with van der Waals surface area (Å²) in [4.78, 5) is 4.36. The van der Waals surface area contributed by atoms with Gasteiger partial charge in [-0.2, -0.15) is 0 Å². The van der Waals surface area contributed by atoms with E-state index in [9.17, 15) is 5.11 Å². The Balaban J connectivity index is 2.29. The Morgan fingerprint density at radius 2 is 1.78 bits per heavy atom. The summed E-state index contributed by atoms with van der Waals surface area (Å²) in [6.07, 6.45) is 9.85. The molecule has 1 aromatic rings. The second kappa shape index (κ2) is 8.25. The fourth-order valence-electron chi connectivity index (χ4n) is 2.33. The molecule has 0 aliphatic rings. The number of rotatable bonds is 8. The lowest BCUT2D eigenvalue weighted by molar-refractivity contribution is 0.158. The van der Waals surface area contributed by atoms with E-state index in [4.69, 9.17) is 0 Å². The summed E-state index contributed by atoms with van der Waals surface area (Å²) in [5, 5.41) is 10.1. The third-order valence-electron chi connectivity index (χ3n) is 3.40. The molecule has 1 N–H and O–H groups in total. The third-order valence-corrected chi connectivity index (χ3v) is 3.40.